The molecule has 112 valence electrons. The summed E-state index contributed by atoms with van der Waals surface area (Å²) in [6.45, 7) is 2.56. The Hall–Kier alpha value is -1.59. The number of hydrogen-bond donors (Lipinski definition) is 1. The number of nitrogens with one attached hydrogen (secondary N) is 1. The highest BCUT2D eigenvalue weighted by Gasteiger charge is 2.11. The van der Waals surface area contributed by atoms with Crippen LogP contribution in [0.2, 0.25) is 0 Å². The maximum absolute atomic E-state index is 13.2. The summed E-state index contributed by atoms with van der Waals surface area (Å²) in [6, 6.07) is 8.76. The molecule has 3 nitrogen and oxygen atoms in total. The molecule has 1 unspecified atom stereocenters. The fourth-order valence-electron chi connectivity index (χ4n) is 1.95. The summed E-state index contributed by atoms with van der Waals surface area (Å²) in [5.74, 6) is 1.35. The van der Waals surface area contributed by atoms with Crippen LogP contribution < -0.4 is 10.1 Å². The number of benzene rings is 1. The van der Waals surface area contributed by atoms with Crippen molar-refractivity contribution in [2.45, 2.75) is 17.9 Å². The van der Waals surface area contributed by atoms with Crippen molar-refractivity contribution in [3.63, 3.8) is 0 Å². The molecule has 0 radical (unpaired) electrons. The first kappa shape index (κ1) is 15.8. The van der Waals surface area contributed by atoms with Crippen molar-refractivity contribution in [3.8, 4) is 5.75 Å². The molecule has 2 aromatic rings. The number of rotatable bonds is 7. The molecule has 0 fully saturated rings. The van der Waals surface area contributed by atoms with Gasteiger partial charge in [-0.25, -0.2) is 4.39 Å². The Labute approximate surface area is 128 Å². The van der Waals surface area contributed by atoms with Crippen LogP contribution in [0.4, 0.5) is 4.39 Å². The Morgan fingerprint density at radius 3 is 2.90 bits per heavy atom. The van der Waals surface area contributed by atoms with Gasteiger partial charge in [-0.3, -0.25) is 4.98 Å². The van der Waals surface area contributed by atoms with Crippen molar-refractivity contribution in [3.05, 3.63) is 54.1 Å². The Kier molecular flexibility index (Phi) is 6.02. The van der Waals surface area contributed by atoms with Crippen LogP contribution in [0.1, 0.15) is 18.5 Å². The summed E-state index contributed by atoms with van der Waals surface area (Å²) >= 11 is 1.61. The van der Waals surface area contributed by atoms with Crippen molar-refractivity contribution in [1.29, 1.82) is 0 Å². The molecular weight excluding hydrogens is 287 g/mol. The van der Waals surface area contributed by atoms with Gasteiger partial charge < -0.3 is 10.1 Å². The van der Waals surface area contributed by atoms with E-state index in [2.05, 4.69) is 10.3 Å². The highest BCUT2D eigenvalue weighted by atomic mass is 32.2. The molecule has 0 spiro atoms. The smallest absolute Gasteiger partial charge is 0.137 e. The van der Waals surface area contributed by atoms with E-state index >= 15 is 0 Å². The molecule has 1 atom stereocenters. The second kappa shape index (κ2) is 8.00. The summed E-state index contributed by atoms with van der Waals surface area (Å²) in [5.41, 5.74) is 1.06. The quantitative estimate of drug-likeness (QED) is 0.791. The number of ether oxygens (including phenoxy) is 1. The molecular formula is C16H19FN2OS. The molecule has 0 saturated carbocycles. The summed E-state index contributed by atoms with van der Waals surface area (Å²) in [7, 11) is 1.91. The van der Waals surface area contributed by atoms with Crippen molar-refractivity contribution in [2.24, 2.45) is 0 Å². The predicted octanol–water partition coefficient (Wildman–Crippen LogP) is 3.67. The van der Waals surface area contributed by atoms with Gasteiger partial charge in [0, 0.05) is 22.9 Å². The fraction of sp³-hybridized carbons (Fsp3) is 0.312. The standard InChI is InChI=1S/C16H19FN2OS/c1-3-20-14-7-12(9-19-10-14)16(18-2)11-21-15-6-4-5-13(17)8-15/h4-10,16,18H,3,11H2,1-2H3. The molecule has 2 rings (SSSR count). The van der Waals surface area contributed by atoms with Gasteiger partial charge in [0.2, 0.25) is 0 Å². The first-order chi connectivity index (χ1) is 10.2. The number of thioether (sulfide) groups is 1. The average molecular weight is 306 g/mol. The lowest BCUT2D eigenvalue weighted by Crippen LogP contribution is -2.19. The summed E-state index contributed by atoms with van der Waals surface area (Å²) in [4.78, 5) is 5.13. The minimum absolute atomic E-state index is 0.131. The van der Waals surface area contributed by atoms with Gasteiger partial charge >= 0.3 is 0 Å². The molecule has 1 aromatic carbocycles. The fourth-order valence-corrected chi connectivity index (χ4v) is 3.04. The molecule has 21 heavy (non-hydrogen) atoms. The van der Waals surface area contributed by atoms with E-state index in [0.29, 0.717) is 6.61 Å². The Balaban J connectivity index is 2.04. The third-order valence-electron chi connectivity index (χ3n) is 3.01. The van der Waals surface area contributed by atoms with Crippen LogP contribution in [-0.2, 0) is 0 Å². The molecule has 5 heteroatoms. The highest BCUT2D eigenvalue weighted by molar-refractivity contribution is 7.99. The Bertz CT molecular complexity index is 580. The second-order valence-electron chi connectivity index (χ2n) is 4.50. The van der Waals surface area contributed by atoms with E-state index in [1.807, 2.05) is 32.3 Å². The molecule has 1 N–H and O–H groups in total. The number of nitrogens with zero attached hydrogens (tertiary/aromatic N) is 1. The van der Waals surface area contributed by atoms with Crippen molar-refractivity contribution in [2.75, 3.05) is 19.4 Å². The third kappa shape index (κ3) is 4.72. The van der Waals surface area contributed by atoms with E-state index in [1.165, 1.54) is 6.07 Å². The molecule has 1 aromatic heterocycles. The minimum atomic E-state index is -0.207. The minimum Gasteiger partial charge on any atom is -0.492 e. The van der Waals surface area contributed by atoms with Gasteiger partial charge in [0.1, 0.15) is 11.6 Å². The monoisotopic (exact) mass is 306 g/mol. The first-order valence-electron chi connectivity index (χ1n) is 6.86. The van der Waals surface area contributed by atoms with Gasteiger partial charge in [-0.05, 0) is 43.8 Å². The van der Waals surface area contributed by atoms with E-state index in [-0.39, 0.29) is 11.9 Å². The van der Waals surface area contributed by atoms with E-state index < -0.39 is 0 Å². The largest absolute Gasteiger partial charge is 0.492 e. The molecule has 0 aliphatic carbocycles. The van der Waals surface area contributed by atoms with Gasteiger partial charge in [-0.1, -0.05) is 6.07 Å². The lowest BCUT2D eigenvalue weighted by atomic mass is 10.1. The van der Waals surface area contributed by atoms with Crippen LogP contribution >= 0.6 is 11.8 Å². The Morgan fingerprint density at radius 2 is 2.19 bits per heavy atom. The van der Waals surface area contributed by atoms with Crippen molar-refractivity contribution >= 4 is 11.8 Å². The van der Waals surface area contributed by atoms with Crippen LogP contribution in [0, 0.1) is 5.82 Å². The lowest BCUT2D eigenvalue weighted by molar-refractivity contribution is 0.338. The van der Waals surface area contributed by atoms with E-state index in [1.54, 1.807) is 30.1 Å². The zero-order valence-corrected chi connectivity index (χ0v) is 13.0. The molecule has 0 aliphatic rings. The van der Waals surface area contributed by atoms with Crippen LogP contribution in [-0.4, -0.2) is 24.4 Å². The summed E-state index contributed by atoms with van der Waals surface area (Å²) in [5, 5.41) is 3.26. The molecule has 0 aliphatic heterocycles. The molecule has 0 bridgehead atoms. The van der Waals surface area contributed by atoms with Crippen molar-refractivity contribution < 1.29 is 9.13 Å². The van der Waals surface area contributed by atoms with Crippen LogP contribution in [0.25, 0.3) is 0 Å². The molecule has 0 saturated heterocycles. The predicted molar refractivity (Wildman–Crippen MR) is 84.3 cm³/mol. The van der Waals surface area contributed by atoms with Gasteiger partial charge in [0.05, 0.1) is 12.8 Å². The number of aromatic nitrogens is 1. The number of hydrogen-bond acceptors (Lipinski definition) is 4. The lowest BCUT2D eigenvalue weighted by Gasteiger charge is -2.16. The topological polar surface area (TPSA) is 34.1 Å². The normalized spacial score (nSPS) is 12.1. The Morgan fingerprint density at radius 1 is 1.33 bits per heavy atom. The van der Waals surface area contributed by atoms with Gasteiger partial charge in [0.15, 0.2) is 0 Å². The third-order valence-corrected chi connectivity index (χ3v) is 4.10. The summed E-state index contributed by atoms with van der Waals surface area (Å²) in [6.07, 6.45) is 3.54. The van der Waals surface area contributed by atoms with E-state index in [4.69, 9.17) is 4.74 Å². The SMILES string of the molecule is CCOc1cncc(C(CSc2cccc(F)c2)NC)c1. The highest BCUT2D eigenvalue weighted by Crippen LogP contribution is 2.26. The van der Waals surface area contributed by atoms with Crippen molar-refractivity contribution in [1.82, 2.24) is 10.3 Å². The van der Waals surface area contributed by atoms with Gasteiger partial charge in [0.25, 0.3) is 0 Å². The second-order valence-corrected chi connectivity index (χ2v) is 5.59. The van der Waals surface area contributed by atoms with Gasteiger partial charge in [-0.15, -0.1) is 11.8 Å². The number of pyridine rings is 1. The van der Waals surface area contributed by atoms with E-state index in [9.17, 15) is 4.39 Å². The average Bonchev–Trinajstić information content (AvgIpc) is 2.49. The van der Waals surface area contributed by atoms with Crippen LogP contribution in [0.3, 0.4) is 0 Å². The zero-order valence-electron chi connectivity index (χ0n) is 12.2. The van der Waals surface area contributed by atoms with E-state index in [0.717, 1.165) is 22.0 Å². The molecule has 1 heterocycles. The maximum atomic E-state index is 13.2. The van der Waals surface area contributed by atoms with Crippen LogP contribution in [0.15, 0.2) is 47.6 Å². The van der Waals surface area contributed by atoms with Crippen LogP contribution in [0.5, 0.6) is 5.75 Å². The zero-order chi connectivity index (χ0) is 15.1. The number of halogens is 1. The van der Waals surface area contributed by atoms with Gasteiger partial charge in [-0.2, -0.15) is 0 Å². The first-order valence-corrected chi connectivity index (χ1v) is 7.85. The molecule has 0 amide bonds. The summed E-state index contributed by atoms with van der Waals surface area (Å²) < 4.78 is 18.7. The maximum Gasteiger partial charge on any atom is 0.137 e.